The molecule has 0 spiro atoms. The molecule has 6 nitrogen and oxygen atoms in total. The highest BCUT2D eigenvalue weighted by molar-refractivity contribution is 7.10. The third-order valence-corrected chi connectivity index (χ3v) is 8.08. The fraction of sp³-hybridized carbons (Fsp3) is 0.357. The van der Waals surface area contributed by atoms with E-state index < -0.39 is 5.92 Å². The zero-order valence-electron chi connectivity index (χ0n) is 20.1. The van der Waals surface area contributed by atoms with Crippen LogP contribution in [0.15, 0.2) is 72.1 Å². The number of amides is 2. The number of carbonyl (C=O) groups excluding carboxylic acids is 2. The van der Waals surface area contributed by atoms with Gasteiger partial charge in [0.25, 0.3) is 5.91 Å². The van der Waals surface area contributed by atoms with Crippen molar-refractivity contribution in [1.82, 2.24) is 20.0 Å². The first kappa shape index (κ1) is 23.7. The summed E-state index contributed by atoms with van der Waals surface area (Å²) in [5.74, 6) is -0.468. The minimum atomic E-state index is -0.421. The smallest absolute Gasteiger partial charge is 0.254 e. The number of benzene rings is 2. The zero-order valence-corrected chi connectivity index (χ0v) is 20.9. The number of nitrogens with one attached hydrogen (secondary N) is 1. The Kier molecular flexibility index (Phi) is 7.27. The number of piperazine rings is 1. The maximum absolute atomic E-state index is 13.5. The Hall–Kier alpha value is -3.00. The molecule has 2 amide bonds. The van der Waals surface area contributed by atoms with Gasteiger partial charge in [-0.1, -0.05) is 54.6 Å². The van der Waals surface area contributed by atoms with Gasteiger partial charge in [-0.15, -0.1) is 11.3 Å². The minimum Gasteiger partial charge on any atom is -0.354 e. The number of nitrogens with zero attached hydrogens (tertiary/aromatic N) is 3. The Labute approximate surface area is 211 Å². The van der Waals surface area contributed by atoms with Crippen LogP contribution in [0.4, 0.5) is 0 Å². The van der Waals surface area contributed by atoms with Crippen molar-refractivity contribution < 1.29 is 9.59 Å². The molecular formula is C28H32N4O2S. The summed E-state index contributed by atoms with van der Waals surface area (Å²) in [6, 6.07) is 21.8. The molecule has 182 valence electrons. The Morgan fingerprint density at radius 1 is 0.943 bits per heavy atom. The summed E-state index contributed by atoms with van der Waals surface area (Å²) < 4.78 is 0. The number of fused-ring (bicyclic) bond motifs is 1. The average molecular weight is 489 g/mol. The third-order valence-electron chi connectivity index (χ3n) is 7.14. The van der Waals surface area contributed by atoms with Gasteiger partial charge in [0, 0.05) is 63.3 Å². The van der Waals surface area contributed by atoms with Crippen LogP contribution >= 0.6 is 11.3 Å². The summed E-state index contributed by atoms with van der Waals surface area (Å²) in [5.41, 5.74) is 2.79. The van der Waals surface area contributed by atoms with Gasteiger partial charge in [0.05, 0.1) is 12.0 Å². The van der Waals surface area contributed by atoms with Gasteiger partial charge in [-0.2, -0.15) is 0 Å². The summed E-state index contributed by atoms with van der Waals surface area (Å²) in [4.78, 5) is 34.3. The van der Waals surface area contributed by atoms with Gasteiger partial charge in [0.2, 0.25) is 5.91 Å². The molecule has 1 saturated heterocycles. The van der Waals surface area contributed by atoms with Gasteiger partial charge in [-0.25, -0.2) is 0 Å². The van der Waals surface area contributed by atoms with Crippen molar-refractivity contribution in [3.63, 3.8) is 0 Å². The van der Waals surface area contributed by atoms with Crippen molar-refractivity contribution in [2.75, 3.05) is 46.3 Å². The summed E-state index contributed by atoms with van der Waals surface area (Å²) in [6.45, 7) is 6.50. The van der Waals surface area contributed by atoms with Crippen LogP contribution in [0, 0.1) is 0 Å². The maximum Gasteiger partial charge on any atom is 0.254 e. The maximum atomic E-state index is 13.5. The second-order valence-electron chi connectivity index (χ2n) is 9.34. The fourth-order valence-electron chi connectivity index (χ4n) is 5.23. The average Bonchev–Trinajstić information content (AvgIpc) is 3.42. The molecule has 0 radical (unpaired) electrons. The Morgan fingerprint density at radius 2 is 1.66 bits per heavy atom. The van der Waals surface area contributed by atoms with Crippen molar-refractivity contribution in [1.29, 1.82) is 0 Å². The van der Waals surface area contributed by atoms with Crippen LogP contribution in [0.5, 0.6) is 0 Å². The second-order valence-corrected chi connectivity index (χ2v) is 10.3. The number of likely N-dealkylation sites (N-methyl/N-ethyl adjacent to an activating group) is 1. The summed E-state index contributed by atoms with van der Waals surface area (Å²) in [6.07, 6.45) is 0. The molecule has 3 aromatic rings. The second kappa shape index (κ2) is 10.7. The molecule has 2 atom stereocenters. The number of thiophene rings is 1. The van der Waals surface area contributed by atoms with E-state index in [4.69, 9.17) is 0 Å². The van der Waals surface area contributed by atoms with Crippen LogP contribution in [0.3, 0.4) is 0 Å². The highest BCUT2D eigenvalue weighted by atomic mass is 32.1. The van der Waals surface area contributed by atoms with E-state index >= 15 is 0 Å². The highest BCUT2D eigenvalue weighted by Gasteiger charge is 2.42. The van der Waals surface area contributed by atoms with E-state index in [0.29, 0.717) is 12.1 Å². The van der Waals surface area contributed by atoms with Crippen molar-refractivity contribution in [2.24, 2.45) is 0 Å². The van der Waals surface area contributed by atoms with Gasteiger partial charge in [-0.05, 0) is 28.6 Å². The Bertz CT molecular complexity index is 1140. The van der Waals surface area contributed by atoms with Gasteiger partial charge < -0.3 is 10.2 Å². The molecule has 1 fully saturated rings. The van der Waals surface area contributed by atoms with E-state index in [1.807, 2.05) is 41.8 Å². The molecule has 2 aromatic carbocycles. The first-order valence-electron chi connectivity index (χ1n) is 12.3. The SMILES string of the molecule is CN1C(=O)c2ccccc2[C@H](C(=O)NCCN2CCN(Cc3ccccc3)CC2)[C@H]1c1cccs1. The lowest BCUT2D eigenvalue weighted by molar-refractivity contribution is -0.124. The van der Waals surface area contributed by atoms with Crippen LogP contribution in [0.1, 0.15) is 38.3 Å². The van der Waals surface area contributed by atoms with Crippen LogP contribution < -0.4 is 5.32 Å². The quantitative estimate of drug-likeness (QED) is 0.552. The van der Waals surface area contributed by atoms with Crippen LogP contribution in [-0.4, -0.2) is 72.8 Å². The first-order chi connectivity index (χ1) is 17.1. The van der Waals surface area contributed by atoms with Gasteiger partial charge in [0.1, 0.15) is 0 Å². The van der Waals surface area contributed by atoms with E-state index in [-0.39, 0.29) is 17.9 Å². The van der Waals surface area contributed by atoms with Crippen LogP contribution in [0.2, 0.25) is 0 Å². The number of hydrogen-bond donors (Lipinski definition) is 1. The molecule has 0 saturated carbocycles. The topological polar surface area (TPSA) is 55.9 Å². The van der Waals surface area contributed by atoms with Crippen molar-refractivity contribution >= 4 is 23.2 Å². The first-order valence-corrected chi connectivity index (χ1v) is 13.2. The van der Waals surface area contributed by atoms with Crippen LogP contribution in [0.25, 0.3) is 0 Å². The molecule has 35 heavy (non-hydrogen) atoms. The minimum absolute atomic E-state index is 0.0158. The molecule has 3 heterocycles. The van der Waals surface area contributed by atoms with E-state index in [0.717, 1.165) is 49.7 Å². The lowest BCUT2D eigenvalue weighted by Crippen LogP contribution is -2.49. The highest BCUT2D eigenvalue weighted by Crippen LogP contribution is 2.43. The van der Waals surface area contributed by atoms with Gasteiger partial charge >= 0.3 is 0 Å². The molecule has 2 aliphatic heterocycles. The molecule has 0 bridgehead atoms. The normalized spacial score (nSPS) is 21.1. The molecule has 0 aliphatic carbocycles. The van der Waals surface area contributed by atoms with Crippen LogP contribution in [-0.2, 0) is 11.3 Å². The summed E-state index contributed by atoms with van der Waals surface area (Å²) >= 11 is 1.59. The zero-order chi connectivity index (χ0) is 24.2. The summed E-state index contributed by atoms with van der Waals surface area (Å²) in [5, 5.41) is 5.19. The molecule has 5 rings (SSSR count). The van der Waals surface area contributed by atoms with Gasteiger partial charge in [0.15, 0.2) is 0 Å². The predicted octanol–water partition coefficient (Wildman–Crippen LogP) is 3.59. The number of hydrogen-bond acceptors (Lipinski definition) is 5. The van der Waals surface area contributed by atoms with E-state index in [1.54, 1.807) is 23.3 Å². The number of carbonyl (C=O) groups is 2. The van der Waals surface area contributed by atoms with E-state index in [9.17, 15) is 9.59 Å². The van der Waals surface area contributed by atoms with Crippen molar-refractivity contribution in [2.45, 2.75) is 18.5 Å². The fourth-order valence-corrected chi connectivity index (χ4v) is 6.14. The largest absolute Gasteiger partial charge is 0.354 e. The standard InChI is InChI=1S/C28H32N4O2S/c1-30-26(24-12-7-19-35-24)25(22-10-5-6-11-23(22)28(30)34)27(33)29-13-14-31-15-17-32(18-16-31)20-21-8-3-2-4-9-21/h2-12,19,25-26H,13-18,20H2,1H3,(H,29,33)/t25-,26+/m0/s1. The Balaban J connectivity index is 1.20. The summed E-state index contributed by atoms with van der Waals surface area (Å²) in [7, 11) is 1.80. The Morgan fingerprint density at radius 3 is 2.40 bits per heavy atom. The molecule has 2 aliphatic rings. The number of rotatable bonds is 7. The van der Waals surface area contributed by atoms with E-state index in [1.165, 1.54) is 5.56 Å². The predicted molar refractivity (Wildman–Crippen MR) is 140 cm³/mol. The molecule has 7 heteroatoms. The van der Waals surface area contributed by atoms with Crippen molar-refractivity contribution in [3.05, 3.63) is 93.7 Å². The molecule has 1 N–H and O–H groups in total. The molecule has 0 unspecified atom stereocenters. The monoisotopic (exact) mass is 488 g/mol. The van der Waals surface area contributed by atoms with Gasteiger partial charge in [-0.3, -0.25) is 19.4 Å². The molecular weight excluding hydrogens is 456 g/mol. The lowest BCUT2D eigenvalue weighted by Gasteiger charge is -2.39. The van der Waals surface area contributed by atoms with Crippen molar-refractivity contribution in [3.8, 4) is 0 Å². The molecule has 1 aromatic heterocycles. The third kappa shape index (κ3) is 5.17. The van der Waals surface area contributed by atoms with E-state index in [2.05, 4.69) is 45.4 Å². The lowest BCUT2D eigenvalue weighted by atomic mass is 9.82.